The largest absolute Gasteiger partial charge is 0.403 e. The van der Waals surface area contributed by atoms with E-state index in [1.54, 1.807) is 6.21 Å². The fourth-order valence-corrected chi connectivity index (χ4v) is 2.77. The zero-order valence-electron chi connectivity index (χ0n) is 15.3. The number of carbonyl (C=O) groups is 1. The Hall–Kier alpha value is -3.61. The predicted molar refractivity (Wildman–Crippen MR) is 107 cm³/mol. The number of anilines is 4. The summed E-state index contributed by atoms with van der Waals surface area (Å²) in [5.74, 6) is 0.441. The number of hydrogen-bond donors (Lipinski definition) is 2. The number of aryl methyl sites for hydroxylation is 1. The summed E-state index contributed by atoms with van der Waals surface area (Å²) in [4.78, 5) is 23.0. The smallest absolute Gasteiger partial charge is 0.325 e. The highest BCUT2D eigenvalue weighted by Crippen LogP contribution is 2.34. The molecule has 1 aliphatic rings. The highest BCUT2D eigenvalue weighted by molar-refractivity contribution is 6.11. The van der Waals surface area contributed by atoms with Crippen LogP contribution in [0.15, 0.2) is 51.9 Å². The number of fused-ring (bicyclic) bond motifs is 2. The van der Waals surface area contributed by atoms with Gasteiger partial charge in [0.1, 0.15) is 0 Å². The van der Waals surface area contributed by atoms with Crippen molar-refractivity contribution in [1.29, 1.82) is 0 Å². The number of aromatic nitrogens is 1. The van der Waals surface area contributed by atoms with E-state index in [1.807, 2.05) is 68.4 Å². The molecule has 0 radical (unpaired) electrons. The fourth-order valence-electron chi connectivity index (χ4n) is 2.77. The van der Waals surface area contributed by atoms with Crippen LogP contribution in [0, 0.1) is 6.92 Å². The maximum absolute atomic E-state index is 12.4. The first-order valence-electron chi connectivity index (χ1n) is 8.51. The molecule has 27 heavy (non-hydrogen) atoms. The molecular weight excluding hydrogens is 342 g/mol. The van der Waals surface area contributed by atoms with Crippen molar-refractivity contribution in [2.45, 2.75) is 6.92 Å². The van der Waals surface area contributed by atoms with Crippen LogP contribution in [-0.2, 0) is 0 Å². The summed E-state index contributed by atoms with van der Waals surface area (Å²) in [7, 11) is 3.98. The summed E-state index contributed by atoms with van der Waals surface area (Å²) in [6, 6.07) is 13.7. The third-order valence-electron chi connectivity index (χ3n) is 4.25. The van der Waals surface area contributed by atoms with Crippen LogP contribution in [0.1, 0.15) is 21.5 Å². The molecule has 2 heterocycles. The maximum atomic E-state index is 12.4. The van der Waals surface area contributed by atoms with Crippen LogP contribution in [0.4, 0.5) is 29.1 Å². The van der Waals surface area contributed by atoms with E-state index < -0.39 is 0 Å². The number of aliphatic imine (C=N–C) groups is 1. The number of nitrogens with zero attached hydrogens (tertiary/aromatic N) is 3. The van der Waals surface area contributed by atoms with Crippen molar-refractivity contribution in [3.63, 3.8) is 0 Å². The van der Waals surface area contributed by atoms with Crippen LogP contribution in [0.5, 0.6) is 0 Å². The molecule has 1 aliphatic heterocycles. The van der Waals surface area contributed by atoms with Gasteiger partial charge in [0, 0.05) is 26.0 Å². The first-order chi connectivity index (χ1) is 13.0. The Morgan fingerprint density at radius 1 is 1.11 bits per heavy atom. The zero-order chi connectivity index (χ0) is 19.0. The van der Waals surface area contributed by atoms with Crippen LogP contribution in [0.3, 0.4) is 0 Å². The van der Waals surface area contributed by atoms with Gasteiger partial charge in [-0.3, -0.25) is 10.1 Å². The highest BCUT2D eigenvalue weighted by atomic mass is 16.4. The van der Waals surface area contributed by atoms with Gasteiger partial charge in [-0.1, -0.05) is 23.8 Å². The van der Waals surface area contributed by atoms with Crippen LogP contribution in [-0.4, -0.2) is 31.2 Å². The van der Waals surface area contributed by atoms with Crippen molar-refractivity contribution in [1.82, 2.24) is 4.98 Å². The average molecular weight is 361 g/mol. The van der Waals surface area contributed by atoms with Crippen LogP contribution in [0.2, 0.25) is 0 Å². The molecule has 0 saturated carbocycles. The standard InChI is InChI=1S/C20H19N5O2/c1-12-4-9-16-15(10-12)18(26)24-19-17(22-16)23-20(27-19)21-11-13-5-7-14(8-6-13)25(2)3/h4-11,22H,1-3H3,(H,24,26). The lowest BCUT2D eigenvalue weighted by Crippen LogP contribution is -2.10. The van der Waals surface area contributed by atoms with Gasteiger partial charge in [0.2, 0.25) is 5.88 Å². The Bertz CT molecular complexity index is 1040. The Morgan fingerprint density at radius 2 is 1.89 bits per heavy atom. The van der Waals surface area contributed by atoms with Crippen LogP contribution in [0.25, 0.3) is 0 Å². The lowest BCUT2D eigenvalue weighted by atomic mass is 10.1. The highest BCUT2D eigenvalue weighted by Gasteiger charge is 2.23. The Balaban J connectivity index is 1.58. The summed E-state index contributed by atoms with van der Waals surface area (Å²) in [5.41, 5.74) is 4.26. The summed E-state index contributed by atoms with van der Waals surface area (Å²) in [6.45, 7) is 1.94. The molecular formula is C20H19N5O2. The predicted octanol–water partition coefficient (Wildman–Crippen LogP) is 4.11. The van der Waals surface area contributed by atoms with Gasteiger partial charge in [-0.05, 0) is 36.8 Å². The number of amides is 1. The Morgan fingerprint density at radius 3 is 2.63 bits per heavy atom. The number of hydrogen-bond acceptors (Lipinski definition) is 6. The number of nitrogens with one attached hydrogen (secondary N) is 2. The maximum Gasteiger partial charge on any atom is 0.325 e. The second-order valence-corrected chi connectivity index (χ2v) is 6.55. The SMILES string of the molecule is Cc1ccc2c(c1)C(=O)Nc1oc(N=Cc3ccc(N(C)C)cc3)nc1N2. The molecule has 0 spiro atoms. The monoisotopic (exact) mass is 361 g/mol. The first kappa shape index (κ1) is 16.8. The third-order valence-corrected chi connectivity index (χ3v) is 4.25. The van der Waals surface area contributed by atoms with Gasteiger partial charge in [0.05, 0.1) is 11.3 Å². The number of rotatable bonds is 3. The van der Waals surface area contributed by atoms with E-state index in [1.165, 1.54) is 0 Å². The molecule has 0 fully saturated rings. The second kappa shape index (κ2) is 6.60. The molecule has 136 valence electrons. The summed E-state index contributed by atoms with van der Waals surface area (Å²) < 4.78 is 5.59. The number of oxazole rings is 1. The van der Waals surface area contributed by atoms with Gasteiger partial charge in [-0.15, -0.1) is 0 Å². The molecule has 2 aromatic carbocycles. The molecule has 7 nitrogen and oxygen atoms in total. The molecule has 1 aromatic heterocycles. The van der Waals surface area contributed by atoms with E-state index in [2.05, 4.69) is 20.6 Å². The molecule has 0 saturated heterocycles. The third kappa shape index (κ3) is 3.39. The van der Waals surface area contributed by atoms with Gasteiger partial charge in [-0.2, -0.15) is 4.98 Å². The van der Waals surface area contributed by atoms with Crippen molar-refractivity contribution in [3.05, 3.63) is 59.2 Å². The summed E-state index contributed by atoms with van der Waals surface area (Å²) in [6.07, 6.45) is 1.67. The average Bonchev–Trinajstić information content (AvgIpc) is 2.97. The molecule has 0 aliphatic carbocycles. The van der Waals surface area contributed by atoms with Crippen LogP contribution >= 0.6 is 0 Å². The summed E-state index contributed by atoms with van der Waals surface area (Å²) >= 11 is 0. The van der Waals surface area contributed by atoms with Crippen molar-refractivity contribution in [2.75, 3.05) is 29.6 Å². The lowest BCUT2D eigenvalue weighted by Gasteiger charge is -2.11. The van der Waals surface area contributed by atoms with Gasteiger partial charge in [0.25, 0.3) is 5.91 Å². The molecule has 2 N–H and O–H groups in total. The molecule has 1 amide bonds. The molecule has 4 rings (SSSR count). The van der Waals surface area contributed by atoms with Gasteiger partial charge >= 0.3 is 6.01 Å². The fraction of sp³-hybridized carbons (Fsp3) is 0.150. The van der Waals surface area contributed by atoms with E-state index in [4.69, 9.17) is 4.42 Å². The quantitative estimate of drug-likeness (QED) is 0.686. The number of carbonyl (C=O) groups excluding carboxylic acids is 1. The van der Waals surface area contributed by atoms with Gasteiger partial charge < -0.3 is 14.6 Å². The minimum absolute atomic E-state index is 0.167. The molecule has 3 aromatic rings. The van der Waals surface area contributed by atoms with E-state index in [0.29, 0.717) is 17.1 Å². The van der Waals surface area contributed by atoms with E-state index in [0.717, 1.165) is 16.8 Å². The van der Waals surface area contributed by atoms with Crippen molar-refractivity contribution < 1.29 is 9.21 Å². The van der Waals surface area contributed by atoms with Crippen molar-refractivity contribution in [2.24, 2.45) is 4.99 Å². The van der Waals surface area contributed by atoms with Crippen molar-refractivity contribution >= 4 is 41.2 Å². The summed E-state index contributed by atoms with van der Waals surface area (Å²) in [5, 5.41) is 5.87. The number of benzene rings is 2. The second-order valence-electron chi connectivity index (χ2n) is 6.55. The van der Waals surface area contributed by atoms with E-state index in [-0.39, 0.29) is 17.8 Å². The van der Waals surface area contributed by atoms with E-state index >= 15 is 0 Å². The Labute approximate surface area is 156 Å². The van der Waals surface area contributed by atoms with Gasteiger partial charge in [0.15, 0.2) is 5.82 Å². The topological polar surface area (TPSA) is 82.8 Å². The van der Waals surface area contributed by atoms with Gasteiger partial charge in [-0.25, -0.2) is 4.99 Å². The molecule has 0 unspecified atom stereocenters. The minimum atomic E-state index is -0.245. The minimum Gasteiger partial charge on any atom is -0.403 e. The normalized spacial score (nSPS) is 12.8. The molecule has 0 atom stereocenters. The first-order valence-corrected chi connectivity index (χ1v) is 8.51. The molecule has 7 heteroatoms. The zero-order valence-corrected chi connectivity index (χ0v) is 15.3. The van der Waals surface area contributed by atoms with E-state index in [9.17, 15) is 4.79 Å². The van der Waals surface area contributed by atoms with Crippen LogP contribution < -0.4 is 15.5 Å². The molecule has 0 bridgehead atoms. The Kier molecular flexibility index (Phi) is 4.12. The lowest BCUT2D eigenvalue weighted by molar-refractivity contribution is 0.102. The van der Waals surface area contributed by atoms with Crippen molar-refractivity contribution in [3.8, 4) is 0 Å².